The van der Waals surface area contributed by atoms with E-state index in [0.29, 0.717) is 22.9 Å². The van der Waals surface area contributed by atoms with Crippen molar-refractivity contribution in [1.29, 1.82) is 0 Å². The van der Waals surface area contributed by atoms with Crippen molar-refractivity contribution in [1.82, 2.24) is 10.2 Å². The van der Waals surface area contributed by atoms with Crippen LogP contribution in [0.25, 0.3) is 0 Å². The number of ether oxygens (including phenoxy) is 1. The van der Waals surface area contributed by atoms with Gasteiger partial charge in [-0.1, -0.05) is 23.7 Å². The molecular formula is C30H35ClF3N3O4. The molecule has 3 fully saturated rings. The number of carbonyl (C=O) groups excluding carboxylic acids is 2. The second kappa shape index (κ2) is 11.0. The maximum atomic E-state index is 14.1. The normalized spacial score (nSPS) is 21.2. The molecule has 2 atom stereocenters. The Morgan fingerprint density at radius 1 is 1.17 bits per heavy atom. The van der Waals surface area contributed by atoms with Crippen molar-refractivity contribution in [3.63, 3.8) is 0 Å². The Balaban J connectivity index is 1.16. The first kappa shape index (κ1) is 29.5. The van der Waals surface area contributed by atoms with Crippen LogP contribution >= 0.6 is 11.6 Å². The second-order valence-electron chi connectivity index (χ2n) is 11.6. The molecule has 0 radical (unpaired) electrons. The fraction of sp³-hybridized carbons (Fsp3) is 0.533. The molecule has 2 amide bonds. The fourth-order valence-corrected chi connectivity index (χ4v) is 6.28. The number of aliphatic hydroxyl groups is 1. The van der Waals surface area contributed by atoms with Crippen molar-refractivity contribution in [2.24, 2.45) is 11.3 Å². The Kier molecular flexibility index (Phi) is 7.93. The largest absolute Gasteiger partial charge is 0.497 e. The highest BCUT2D eigenvalue weighted by atomic mass is 35.5. The summed E-state index contributed by atoms with van der Waals surface area (Å²) in [7, 11) is 2.60. The van der Waals surface area contributed by atoms with Crippen LogP contribution in [0.3, 0.4) is 0 Å². The Hall–Kier alpha value is -2.98. The summed E-state index contributed by atoms with van der Waals surface area (Å²) in [6.07, 6.45) is 0.169. The second-order valence-corrected chi connectivity index (χ2v) is 12.0. The average Bonchev–Trinajstić information content (AvgIpc) is 3.88. The molecule has 41 heavy (non-hydrogen) atoms. The number of alkyl halides is 3. The maximum absolute atomic E-state index is 14.1. The van der Waals surface area contributed by atoms with Gasteiger partial charge in [-0.2, -0.15) is 13.2 Å². The van der Waals surface area contributed by atoms with E-state index in [1.807, 2.05) is 12.1 Å². The molecule has 1 heterocycles. The Bertz CT molecular complexity index is 1310. The van der Waals surface area contributed by atoms with Crippen LogP contribution in [0.4, 0.5) is 18.9 Å². The smallest absolute Gasteiger partial charge is 0.430 e. The molecule has 11 heteroatoms. The third-order valence-corrected chi connectivity index (χ3v) is 9.27. The number of carbonyl (C=O) groups is 2. The first-order chi connectivity index (χ1) is 19.4. The molecule has 1 spiro atoms. The van der Waals surface area contributed by atoms with Gasteiger partial charge >= 0.3 is 6.18 Å². The molecule has 2 saturated carbocycles. The van der Waals surface area contributed by atoms with Gasteiger partial charge in [-0.3, -0.25) is 9.59 Å². The molecule has 2 aromatic carbocycles. The summed E-state index contributed by atoms with van der Waals surface area (Å²) in [5.74, 6) is -1.14. The minimum Gasteiger partial charge on any atom is -0.497 e. The molecule has 0 aromatic heterocycles. The van der Waals surface area contributed by atoms with Crippen LogP contribution in [0.5, 0.6) is 5.75 Å². The molecular weight excluding hydrogens is 559 g/mol. The van der Waals surface area contributed by atoms with Crippen LogP contribution in [0.1, 0.15) is 54.4 Å². The molecule has 7 nitrogen and oxygen atoms in total. The zero-order valence-corrected chi connectivity index (χ0v) is 23.9. The number of likely N-dealkylation sites (N-methyl/N-ethyl adjacent to an activating group) is 1. The number of benzene rings is 2. The maximum Gasteiger partial charge on any atom is 0.430 e. The molecule has 5 rings (SSSR count). The summed E-state index contributed by atoms with van der Waals surface area (Å²) in [4.78, 5) is 28.6. The number of hydrogen-bond donors (Lipinski definition) is 2. The fourth-order valence-electron chi connectivity index (χ4n) is 6.02. The monoisotopic (exact) mass is 593 g/mol. The number of methoxy groups -OCH3 is 1. The van der Waals surface area contributed by atoms with Gasteiger partial charge in [-0.15, -0.1) is 0 Å². The van der Waals surface area contributed by atoms with Crippen LogP contribution in [-0.4, -0.2) is 67.8 Å². The lowest BCUT2D eigenvalue weighted by Crippen LogP contribution is -2.55. The lowest BCUT2D eigenvalue weighted by molar-refractivity contribution is -0.261. The van der Waals surface area contributed by atoms with E-state index in [1.165, 1.54) is 26.3 Å². The van der Waals surface area contributed by atoms with E-state index >= 15 is 0 Å². The minimum absolute atomic E-state index is 0.108. The summed E-state index contributed by atoms with van der Waals surface area (Å²) in [5, 5.41) is 14.1. The van der Waals surface area contributed by atoms with Crippen molar-refractivity contribution < 1.29 is 32.6 Å². The van der Waals surface area contributed by atoms with Crippen molar-refractivity contribution in [2.75, 3.05) is 38.7 Å². The van der Waals surface area contributed by atoms with Gasteiger partial charge in [-0.25, -0.2) is 0 Å². The lowest BCUT2D eigenvalue weighted by atomic mass is 9.89. The molecule has 2 N–H and O–H groups in total. The molecule has 1 unspecified atom stereocenters. The Labute approximate surface area is 242 Å². The van der Waals surface area contributed by atoms with Crippen molar-refractivity contribution >= 4 is 29.1 Å². The zero-order chi connectivity index (χ0) is 29.6. The highest BCUT2D eigenvalue weighted by molar-refractivity contribution is 6.34. The third-order valence-electron chi connectivity index (χ3n) is 8.96. The van der Waals surface area contributed by atoms with Crippen molar-refractivity contribution in [2.45, 2.75) is 56.3 Å². The minimum atomic E-state index is -5.21. The number of nitrogens with one attached hydrogen (secondary N) is 1. The summed E-state index contributed by atoms with van der Waals surface area (Å²) < 4.78 is 47.2. The predicted molar refractivity (Wildman–Crippen MR) is 149 cm³/mol. The third kappa shape index (κ3) is 5.86. The first-order valence-electron chi connectivity index (χ1n) is 13.9. The molecule has 1 aliphatic heterocycles. The zero-order valence-electron chi connectivity index (χ0n) is 23.1. The van der Waals surface area contributed by atoms with Crippen LogP contribution in [0.2, 0.25) is 5.02 Å². The average molecular weight is 594 g/mol. The van der Waals surface area contributed by atoms with Crippen LogP contribution < -0.4 is 15.0 Å². The van der Waals surface area contributed by atoms with Crippen molar-refractivity contribution in [3.8, 4) is 5.75 Å². The number of anilines is 1. The molecule has 1 saturated heterocycles. The van der Waals surface area contributed by atoms with E-state index in [-0.39, 0.29) is 29.7 Å². The van der Waals surface area contributed by atoms with E-state index < -0.39 is 23.2 Å². The van der Waals surface area contributed by atoms with Gasteiger partial charge in [0.1, 0.15) is 5.75 Å². The van der Waals surface area contributed by atoms with Gasteiger partial charge in [0.15, 0.2) is 0 Å². The lowest BCUT2D eigenvalue weighted by Gasteiger charge is -2.35. The van der Waals surface area contributed by atoms with Crippen LogP contribution in [0.15, 0.2) is 42.5 Å². The number of piperidine rings is 1. The molecule has 2 aromatic rings. The SMILES string of the molecule is COc1cccc(C(O)(C(=O)N(C)CC[C@@H]2CC23CCN(c2ccc(C(=O)NC4CC4)c(Cl)c2)CC3)C(F)(F)F)c1. The van der Waals surface area contributed by atoms with E-state index in [9.17, 15) is 27.9 Å². The number of halogens is 4. The van der Waals surface area contributed by atoms with Gasteiger partial charge in [0.05, 0.1) is 17.7 Å². The molecule has 0 bridgehead atoms. The first-order valence-corrected chi connectivity index (χ1v) is 14.3. The van der Waals surface area contributed by atoms with Crippen LogP contribution in [0, 0.1) is 11.3 Å². The summed E-state index contributed by atoms with van der Waals surface area (Å²) in [6.45, 7) is 1.72. The summed E-state index contributed by atoms with van der Waals surface area (Å²) >= 11 is 6.44. The topological polar surface area (TPSA) is 82.1 Å². The van der Waals surface area contributed by atoms with Crippen molar-refractivity contribution in [3.05, 3.63) is 58.6 Å². The number of rotatable bonds is 9. The number of amides is 2. The summed E-state index contributed by atoms with van der Waals surface area (Å²) in [5.41, 5.74) is -2.70. The van der Waals surface area contributed by atoms with Gasteiger partial charge in [0.25, 0.3) is 17.4 Å². The van der Waals surface area contributed by atoms with Crippen LogP contribution in [-0.2, 0) is 10.4 Å². The van der Waals surface area contributed by atoms with E-state index in [1.54, 1.807) is 6.07 Å². The highest BCUT2D eigenvalue weighted by Crippen LogP contribution is 2.61. The Morgan fingerprint density at radius 3 is 2.49 bits per heavy atom. The van der Waals surface area contributed by atoms with Gasteiger partial charge < -0.3 is 25.0 Å². The quantitative estimate of drug-likeness (QED) is 0.421. The van der Waals surface area contributed by atoms with Gasteiger partial charge in [-0.05, 0) is 80.2 Å². The number of hydrogen-bond acceptors (Lipinski definition) is 5. The Morgan fingerprint density at radius 2 is 1.88 bits per heavy atom. The van der Waals surface area contributed by atoms with Gasteiger partial charge in [0.2, 0.25) is 0 Å². The van der Waals surface area contributed by atoms with Gasteiger partial charge in [0, 0.05) is 44.0 Å². The molecule has 2 aliphatic carbocycles. The summed E-state index contributed by atoms with van der Waals surface area (Å²) in [6, 6.07) is 10.6. The van der Waals surface area contributed by atoms with E-state index in [0.717, 1.165) is 67.9 Å². The standard InChI is InChI=1S/C30H35ClF3N3O4/c1-36(27(39)29(40,30(32,33)34)19-4-3-5-23(16-19)41-2)13-10-20-18-28(20)11-14-37(15-12-28)22-8-9-24(25(31)17-22)26(38)35-21-6-7-21/h3-5,8-9,16-17,20-21,40H,6-7,10-15,18H2,1-2H3,(H,35,38)/t20-,29?/m1/s1. The van der Waals surface area contributed by atoms with E-state index in [2.05, 4.69) is 10.2 Å². The highest BCUT2D eigenvalue weighted by Gasteiger charge is 2.62. The molecule has 222 valence electrons. The predicted octanol–water partition coefficient (Wildman–Crippen LogP) is 5.15. The molecule has 3 aliphatic rings. The number of nitrogens with zero attached hydrogens (tertiary/aromatic N) is 2. The van der Waals surface area contributed by atoms with E-state index in [4.69, 9.17) is 16.3 Å².